The summed E-state index contributed by atoms with van der Waals surface area (Å²) < 4.78 is 7.17. The molecule has 0 unspecified atom stereocenters. The highest BCUT2D eigenvalue weighted by atomic mass is 32.1. The Morgan fingerprint density at radius 3 is 1.57 bits per heavy atom. The first-order chi connectivity index (χ1) is 31.3. The summed E-state index contributed by atoms with van der Waals surface area (Å²) >= 11 is 1.80. The molecule has 294 valence electrons. The second kappa shape index (κ2) is 14.2. The van der Waals surface area contributed by atoms with Gasteiger partial charge < -0.3 is 4.57 Å². The van der Waals surface area contributed by atoms with Gasteiger partial charge in [0.15, 0.2) is 11.6 Å². The highest BCUT2D eigenvalue weighted by Gasteiger charge is 2.25. The van der Waals surface area contributed by atoms with Gasteiger partial charge in [0.05, 0.1) is 22.1 Å². The van der Waals surface area contributed by atoms with E-state index in [9.17, 15) is 0 Å². The van der Waals surface area contributed by atoms with Crippen LogP contribution in [-0.4, -0.2) is 24.1 Å². The average Bonchev–Trinajstić information content (AvgIpc) is 4.02. The van der Waals surface area contributed by atoms with Gasteiger partial charge in [0.1, 0.15) is 0 Å². The largest absolute Gasteiger partial charge is 0.307 e. The molecule has 0 aliphatic carbocycles. The minimum Gasteiger partial charge on any atom is -0.307 e. The molecule has 0 saturated carbocycles. The molecule has 6 heteroatoms. The monoisotopic (exact) mass is 821 g/mol. The molecule has 5 nitrogen and oxygen atoms in total. The van der Waals surface area contributed by atoms with Gasteiger partial charge in [-0.15, -0.1) is 11.3 Å². The number of para-hydroxylation sites is 2. The topological polar surface area (TPSA) is 48.5 Å². The van der Waals surface area contributed by atoms with E-state index in [4.69, 9.17) is 15.0 Å². The summed E-state index contributed by atoms with van der Waals surface area (Å²) in [4.78, 5) is 16.2. The first-order valence-electron chi connectivity index (χ1n) is 21.2. The molecule has 0 radical (unpaired) electrons. The SMILES string of the molecule is c1ccc(-c2nc(-c3cccc4sc5ccccc5c34)nc(-n3c4ccccc4c4ccc5c6ccccc6n(-c6ccc(-c7ccccc7)c(-c7ccccc7)c6)c5c43)n2)cc1. The van der Waals surface area contributed by atoms with Crippen molar-refractivity contribution in [2.24, 2.45) is 0 Å². The number of nitrogens with zero attached hydrogens (tertiary/aromatic N) is 5. The van der Waals surface area contributed by atoms with Gasteiger partial charge in [-0.1, -0.05) is 176 Å². The predicted octanol–water partition coefficient (Wildman–Crippen LogP) is 15.1. The molecule has 0 bridgehead atoms. The third kappa shape index (κ3) is 5.59. The maximum atomic E-state index is 5.51. The molecular formula is C57H35N5S. The third-order valence-electron chi connectivity index (χ3n) is 12.4. The normalized spacial score (nSPS) is 11.8. The number of hydrogen-bond donors (Lipinski definition) is 0. The number of benzene rings is 9. The molecule has 9 aromatic carbocycles. The molecule has 13 rings (SSSR count). The van der Waals surface area contributed by atoms with E-state index < -0.39 is 0 Å². The Morgan fingerprint density at radius 2 is 0.873 bits per heavy atom. The fourth-order valence-electron chi connectivity index (χ4n) is 9.64. The zero-order valence-electron chi connectivity index (χ0n) is 33.9. The van der Waals surface area contributed by atoms with Gasteiger partial charge in [-0.2, -0.15) is 9.97 Å². The van der Waals surface area contributed by atoms with E-state index in [1.165, 1.54) is 36.9 Å². The Labute approximate surface area is 366 Å². The Morgan fingerprint density at radius 1 is 0.333 bits per heavy atom. The molecule has 0 fully saturated rings. The third-order valence-corrected chi connectivity index (χ3v) is 13.5. The molecule has 0 N–H and O–H groups in total. The van der Waals surface area contributed by atoms with Crippen LogP contribution in [0, 0.1) is 0 Å². The molecule has 0 aliphatic rings. The zero-order chi connectivity index (χ0) is 41.4. The van der Waals surface area contributed by atoms with Gasteiger partial charge in [-0.25, -0.2) is 4.98 Å². The van der Waals surface area contributed by atoms with E-state index >= 15 is 0 Å². The average molecular weight is 822 g/mol. The van der Waals surface area contributed by atoms with Gasteiger partial charge in [-0.3, -0.25) is 4.57 Å². The first-order valence-corrected chi connectivity index (χ1v) is 22.0. The van der Waals surface area contributed by atoms with Gasteiger partial charge in [0.25, 0.3) is 0 Å². The van der Waals surface area contributed by atoms with Crippen LogP contribution in [0.15, 0.2) is 212 Å². The Kier molecular flexibility index (Phi) is 8.01. The van der Waals surface area contributed by atoms with Crippen LogP contribution in [0.2, 0.25) is 0 Å². The van der Waals surface area contributed by atoms with Crippen LogP contribution >= 0.6 is 11.3 Å². The summed E-state index contributed by atoms with van der Waals surface area (Å²) in [6, 6.07) is 75.6. The minimum atomic E-state index is 0.565. The Hall–Kier alpha value is -8.19. The lowest BCUT2D eigenvalue weighted by atomic mass is 9.94. The highest BCUT2D eigenvalue weighted by molar-refractivity contribution is 7.25. The maximum absolute atomic E-state index is 5.51. The fraction of sp³-hybridized carbons (Fsp3) is 0. The predicted molar refractivity (Wildman–Crippen MR) is 263 cm³/mol. The lowest BCUT2D eigenvalue weighted by Gasteiger charge is -2.16. The molecular weight excluding hydrogens is 787 g/mol. The summed E-state index contributed by atoms with van der Waals surface area (Å²) in [5.41, 5.74) is 12.0. The van der Waals surface area contributed by atoms with Crippen LogP contribution in [0.25, 0.3) is 120 Å². The highest BCUT2D eigenvalue weighted by Crippen LogP contribution is 2.44. The van der Waals surface area contributed by atoms with E-state index in [1.807, 2.05) is 18.2 Å². The van der Waals surface area contributed by atoms with Crippen molar-refractivity contribution in [1.29, 1.82) is 0 Å². The number of hydrogen-bond acceptors (Lipinski definition) is 4. The molecule has 63 heavy (non-hydrogen) atoms. The van der Waals surface area contributed by atoms with E-state index in [0.29, 0.717) is 17.6 Å². The number of rotatable bonds is 6. The van der Waals surface area contributed by atoms with Crippen molar-refractivity contribution in [2.75, 3.05) is 0 Å². The lowest BCUT2D eigenvalue weighted by molar-refractivity contribution is 0.954. The summed E-state index contributed by atoms with van der Waals surface area (Å²) in [5.74, 6) is 1.82. The fourth-order valence-corrected chi connectivity index (χ4v) is 10.8. The van der Waals surface area contributed by atoms with Crippen LogP contribution in [0.5, 0.6) is 0 Å². The van der Waals surface area contributed by atoms with Gasteiger partial charge >= 0.3 is 0 Å². The van der Waals surface area contributed by atoms with E-state index in [1.54, 1.807) is 11.3 Å². The van der Waals surface area contributed by atoms with Crippen molar-refractivity contribution in [1.82, 2.24) is 24.1 Å². The van der Waals surface area contributed by atoms with Gasteiger partial charge in [-0.05, 0) is 58.7 Å². The van der Waals surface area contributed by atoms with Crippen LogP contribution in [0.4, 0.5) is 0 Å². The Balaban J connectivity index is 1.15. The second-order valence-electron chi connectivity index (χ2n) is 16.0. The lowest BCUT2D eigenvalue weighted by Crippen LogP contribution is -2.07. The zero-order valence-corrected chi connectivity index (χ0v) is 34.7. The number of thiophene rings is 1. The first kappa shape index (κ1) is 35.6. The van der Waals surface area contributed by atoms with Gasteiger partial charge in [0, 0.05) is 58.5 Å². The van der Waals surface area contributed by atoms with Crippen LogP contribution in [0.1, 0.15) is 0 Å². The molecule has 0 saturated heterocycles. The van der Waals surface area contributed by atoms with Gasteiger partial charge in [0.2, 0.25) is 5.95 Å². The van der Waals surface area contributed by atoms with Crippen LogP contribution in [0.3, 0.4) is 0 Å². The molecule has 0 amide bonds. The molecule has 0 atom stereocenters. The summed E-state index contributed by atoms with van der Waals surface area (Å²) in [6.45, 7) is 0. The van der Waals surface area contributed by atoms with E-state index in [0.717, 1.165) is 66.0 Å². The maximum Gasteiger partial charge on any atom is 0.238 e. The van der Waals surface area contributed by atoms with Crippen molar-refractivity contribution in [3.8, 4) is 56.7 Å². The van der Waals surface area contributed by atoms with Crippen molar-refractivity contribution in [3.05, 3.63) is 212 Å². The molecule has 0 spiro atoms. The van der Waals surface area contributed by atoms with E-state index in [2.05, 4.69) is 203 Å². The molecule has 4 aromatic heterocycles. The minimum absolute atomic E-state index is 0.565. The summed E-state index contributed by atoms with van der Waals surface area (Å²) in [5, 5.41) is 6.95. The quantitative estimate of drug-likeness (QED) is 0.168. The van der Waals surface area contributed by atoms with Crippen molar-refractivity contribution < 1.29 is 0 Å². The van der Waals surface area contributed by atoms with Crippen molar-refractivity contribution in [2.45, 2.75) is 0 Å². The molecule has 13 aromatic rings. The summed E-state index contributed by atoms with van der Waals surface area (Å²) in [6.07, 6.45) is 0. The van der Waals surface area contributed by atoms with Crippen LogP contribution in [-0.2, 0) is 0 Å². The Bertz CT molecular complexity index is 3900. The standard InChI is InChI=1S/C57H35N5S/c1-4-17-36(18-5-1)40-32-31-39(35-47(40)37-19-6-2-7-20-37)61-48-27-13-10-23-41(48)43-33-34-44-42-24-11-14-28-49(42)62(54(44)53(43)61)57-59-55(38-21-8-3-9-22-38)58-56(60-57)46-26-16-30-51-52(46)45-25-12-15-29-50(45)63-51/h1-35H. The van der Waals surface area contributed by atoms with E-state index in [-0.39, 0.29) is 0 Å². The summed E-state index contributed by atoms with van der Waals surface area (Å²) in [7, 11) is 0. The number of aromatic nitrogens is 5. The van der Waals surface area contributed by atoms with Crippen LogP contribution < -0.4 is 0 Å². The second-order valence-corrected chi connectivity index (χ2v) is 17.0. The smallest absolute Gasteiger partial charge is 0.238 e. The molecule has 4 heterocycles. The van der Waals surface area contributed by atoms with Crippen molar-refractivity contribution in [3.63, 3.8) is 0 Å². The molecule has 0 aliphatic heterocycles. The number of fused-ring (bicyclic) bond motifs is 10. The van der Waals surface area contributed by atoms with Crippen molar-refractivity contribution >= 4 is 75.1 Å².